The van der Waals surface area contributed by atoms with Gasteiger partial charge in [-0.05, 0) is 31.0 Å². The molecule has 4 nitrogen and oxygen atoms in total. The average molecular weight is 298 g/mol. The third kappa shape index (κ3) is 2.61. The second-order valence-corrected chi connectivity index (χ2v) is 5.58. The van der Waals surface area contributed by atoms with Crippen molar-refractivity contribution in [3.63, 3.8) is 0 Å². The summed E-state index contributed by atoms with van der Waals surface area (Å²) in [5.74, 6) is -0.0984. The second kappa shape index (κ2) is 4.31. The summed E-state index contributed by atoms with van der Waals surface area (Å²) in [6.45, 7) is 0. The normalized spacial score (nSPS) is 16.5. The summed E-state index contributed by atoms with van der Waals surface area (Å²) < 4.78 is 0.931. The molecule has 0 radical (unpaired) electrons. The first kappa shape index (κ1) is 12.4. The van der Waals surface area contributed by atoms with Crippen molar-refractivity contribution >= 4 is 33.2 Å². The number of carbonyl (C=O) groups excluding carboxylic acids is 1. The summed E-state index contributed by atoms with van der Waals surface area (Å²) in [5, 5.41) is 2.90. The topological polar surface area (TPSA) is 58.4 Å². The number of anilines is 2. The van der Waals surface area contributed by atoms with Gasteiger partial charge in [0.05, 0.1) is 16.9 Å². The molecule has 1 aromatic carbocycles. The Hall–Kier alpha value is -1.07. The number of rotatable bonds is 3. The van der Waals surface area contributed by atoms with E-state index in [1.54, 1.807) is 0 Å². The first-order chi connectivity index (χ1) is 7.92. The van der Waals surface area contributed by atoms with Gasteiger partial charge in [0.15, 0.2) is 0 Å². The van der Waals surface area contributed by atoms with Crippen LogP contribution in [0.4, 0.5) is 11.4 Å². The lowest BCUT2D eigenvalue weighted by Gasteiger charge is -2.19. The van der Waals surface area contributed by atoms with Crippen LogP contribution >= 0.6 is 15.9 Å². The van der Waals surface area contributed by atoms with Crippen LogP contribution in [0.1, 0.15) is 12.8 Å². The number of amides is 1. The summed E-state index contributed by atoms with van der Waals surface area (Å²) in [5.41, 5.74) is 6.97. The Morgan fingerprint density at radius 1 is 1.47 bits per heavy atom. The maximum Gasteiger partial charge on any atom is 0.244 e. The standard InChI is InChI=1S/C12H16BrN3O/c1-16(2)10-4-3-8(13)7-9(10)15-11(17)12(14)5-6-12/h3-4,7H,5-6,14H2,1-2H3,(H,15,17). The number of halogens is 1. The maximum absolute atomic E-state index is 11.9. The van der Waals surface area contributed by atoms with E-state index in [0.717, 1.165) is 28.7 Å². The van der Waals surface area contributed by atoms with Crippen LogP contribution in [0.25, 0.3) is 0 Å². The van der Waals surface area contributed by atoms with E-state index < -0.39 is 5.54 Å². The van der Waals surface area contributed by atoms with Crippen molar-refractivity contribution in [3.05, 3.63) is 22.7 Å². The molecule has 0 atom stereocenters. The SMILES string of the molecule is CN(C)c1ccc(Br)cc1NC(=O)C1(N)CC1. The van der Waals surface area contributed by atoms with Crippen LogP contribution in [0.15, 0.2) is 22.7 Å². The second-order valence-electron chi connectivity index (χ2n) is 4.67. The van der Waals surface area contributed by atoms with Crippen molar-refractivity contribution in [1.29, 1.82) is 0 Å². The molecule has 0 aliphatic heterocycles. The molecule has 92 valence electrons. The predicted octanol–water partition coefficient (Wildman–Crippen LogP) is 1.94. The van der Waals surface area contributed by atoms with E-state index in [9.17, 15) is 4.79 Å². The Kier molecular flexibility index (Phi) is 3.14. The van der Waals surface area contributed by atoms with Crippen LogP contribution in [0.3, 0.4) is 0 Å². The molecule has 17 heavy (non-hydrogen) atoms. The Bertz CT molecular complexity index is 455. The lowest BCUT2D eigenvalue weighted by Crippen LogP contribution is -2.38. The fourth-order valence-electron chi connectivity index (χ4n) is 1.61. The van der Waals surface area contributed by atoms with E-state index in [0.29, 0.717) is 0 Å². The van der Waals surface area contributed by atoms with Crippen LogP contribution in [0, 0.1) is 0 Å². The number of nitrogens with two attached hydrogens (primary N) is 1. The number of carbonyl (C=O) groups is 1. The van der Waals surface area contributed by atoms with Crippen molar-refractivity contribution < 1.29 is 4.79 Å². The summed E-state index contributed by atoms with van der Waals surface area (Å²) in [6, 6.07) is 5.79. The van der Waals surface area contributed by atoms with Crippen molar-refractivity contribution in [3.8, 4) is 0 Å². The number of hydrogen-bond donors (Lipinski definition) is 2. The minimum Gasteiger partial charge on any atom is -0.376 e. The minimum atomic E-state index is -0.647. The lowest BCUT2D eigenvalue weighted by molar-refractivity contribution is -0.118. The molecule has 0 bridgehead atoms. The monoisotopic (exact) mass is 297 g/mol. The van der Waals surface area contributed by atoms with E-state index in [1.807, 2.05) is 37.2 Å². The van der Waals surface area contributed by atoms with Gasteiger partial charge in [-0.3, -0.25) is 4.79 Å². The van der Waals surface area contributed by atoms with Gasteiger partial charge in [-0.25, -0.2) is 0 Å². The molecule has 1 saturated carbocycles. The van der Waals surface area contributed by atoms with E-state index in [2.05, 4.69) is 21.2 Å². The zero-order chi connectivity index (χ0) is 12.6. The molecule has 0 spiro atoms. The molecule has 1 amide bonds. The summed E-state index contributed by atoms with van der Waals surface area (Å²) in [7, 11) is 3.88. The van der Waals surface area contributed by atoms with Crippen LogP contribution in [-0.2, 0) is 4.79 Å². The molecule has 3 N–H and O–H groups in total. The van der Waals surface area contributed by atoms with E-state index in [1.165, 1.54) is 0 Å². The lowest BCUT2D eigenvalue weighted by atomic mass is 10.2. The van der Waals surface area contributed by atoms with E-state index in [-0.39, 0.29) is 5.91 Å². The Labute approximate surface area is 109 Å². The summed E-state index contributed by atoms with van der Waals surface area (Å²) in [6.07, 6.45) is 1.54. The summed E-state index contributed by atoms with van der Waals surface area (Å²) in [4.78, 5) is 13.9. The molecule has 0 aromatic heterocycles. The van der Waals surface area contributed by atoms with Crippen molar-refractivity contribution in [2.45, 2.75) is 18.4 Å². The van der Waals surface area contributed by atoms with Crippen LogP contribution in [0.2, 0.25) is 0 Å². The van der Waals surface area contributed by atoms with Gasteiger partial charge in [0.1, 0.15) is 0 Å². The smallest absolute Gasteiger partial charge is 0.244 e. The summed E-state index contributed by atoms with van der Waals surface area (Å²) >= 11 is 3.40. The number of nitrogens with one attached hydrogen (secondary N) is 1. The first-order valence-electron chi connectivity index (χ1n) is 5.49. The highest BCUT2D eigenvalue weighted by atomic mass is 79.9. The highest BCUT2D eigenvalue weighted by Crippen LogP contribution is 2.35. The fraction of sp³-hybridized carbons (Fsp3) is 0.417. The molecule has 0 unspecified atom stereocenters. The van der Waals surface area contributed by atoms with Crippen molar-refractivity contribution in [2.24, 2.45) is 5.73 Å². The first-order valence-corrected chi connectivity index (χ1v) is 6.29. The zero-order valence-corrected chi connectivity index (χ0v) is 11.5. The number of hydrogen-bond acceptors (Lipinski definition) is 3. The van der Waals surface area contributed by atoms with Crippen molar-refractivity contribution in [2.75, 3.05) is 24.3 Å². The Balaban J connectivity index is 2.24. The van der Waals surface area contributed by atoms with Crippen LogP contribution < -0.4 is 16.0 Å². The van der Waals surface area contributed by atoms with Gasteiger partial charge >= 0.3 is 0 Å². The highest BCUT2D eigenvalue weighted by molar-refractivity contribution is 9.10. The van der Waals surface area contributed by atoms with Crippen LogP contribution in [-0.4, -0.2) is 25.5 Å². The molecular weight excluding hydrogens is 282 g/mol. The Morgan fingerprint density at radius 3 is 2.65 bits per heavy atom. The largest absolute Gasteiger partial charge is 0.376 e. The number of benzene rings is 1. The average Bonchev–Trinajstić information content (AvgIpc) is 2.97. The quantitative estimate of drug-likeness (QED) is 0.896. The van der Waals surface area contributed by atoms with Gasteiger partial charge < -0.3 is 16.0 Å². The van der Waals surface area contributed by atoms with Gasteiger partial charge in [-0.1, -0.05) is 15.9 Å². The molecule has 1 fully saturated rings. The van der Waals surface area contributed by atoms with Gasteiger partial charge in [0.2, 0.25) is 5.91 Å². The van der Waals surface area contributed by atoms with Gasteiger partial charge in [-0.15, -0.1) is 0 Å². The maximum atomic E-state index is 11.9. The third-order valence-electron chi connectivity index (χ3n) is 2.93. The van der Waals surface area contributed by atoms with Crippen LogP contribution in [0.5, 0.6) is 0 Å². The molecular formula is C12H16BrN3O. The fourth-order valence-corrected chi connectivity index (χ4v) is 1.97. The van der Waals surface area contributed by atoms with Gasteiger partial charge in [0, 0.05) is 18.6 Å². The molecule has 1 aliphatic rings. The van der Waals surface area contributed by atoms with E-state index in [4.69, 9.17) is 5.73 Å². The predicted molar refractivity (Wildman–Crippen MR) is 73.3 cm³/mol. The van der Waals surface area contributed by atoms with Gasteiger partial charge in [-0.2, -0.15) is 0 Å². The molecule has 2 rings (SSSR count). The number of nitrogens with zero attached hydrogens (tertiary/aromatic N) is 1. The molecule has 1 aliphatic carbocycles. The zero-order valence-electron chi connectivity index (χ0n) is 9.96. The van der Waals surface area contributed by atoms with E-state index >= 15 is 0 Å². The van der Waals surface area contributed by atoms with Gasteiger partial charge in [0.25, 0.3) is 0 Å². The highest BCUT2D eigenvalue weighted by Gasteiger charge is 2.46. The van der Waals surface area contributed by atoms with Crippen molar-refractivity contribution in [1.82, 2.24) is 0 Å². The molecule has 0 heterocycles. The molecule has 1 aromatic rings. The third-order valence-corrected chi connectivity index (χ3v) is 3.42. The molecule has 0 saturated heterocycles. The Morgan fingerprint density at radius 2 is 2.12 bits per heavy atom. The minimum absolute atomic E-state index is 0.0984. The molecule has 5 heteroatoms.